The number of benzene rings is 2. The van der Waals surface area contributed by atoms with Gasteiger partial charge in [-0.1, -0.05) is 12.1 Å². The van der Waals surface area contributed by atoms with Crippen molar-refractivity contribution >= 4 is 23.3 Å². The van der Waals surface area contributed by atoms with Gasteiger partial charge in [0.25, 0.3) is 5.91 Å². The number of para-hydroxylation sites is 1. The lowest BCUT2D eigenvalue weighted by atomic mass is 10.1. The van der Waals surface area contributed by atoms with Crippen molar-refractivity contribution in [3.63, 3.8) is 0 Å². The summed E-state index contributed by atoms with van der Waals surface area (Å²) in [6, 6.07) is 6.24. The molecular weight excluding hydrogens is 325 g/mol. The molecule has 2 aromatic rings. The van der Waals surface area contributed by atoms with E-state index < -0.39 is 41.6 Å². The van der Waals surface area contributed by atoms with E-state index in [1.165, 1.54) is 6.07 Å². The van der Waals surface area contributed by atoms with Crippen molar-refractivity contribution in [2.75, 3.05) is 17.7 Å². The Morgan fingerprint density at radius 3 is 2.54 bits per heavy atom. The van der Waals surface area contributed by atoms with Crippen LogP contribution >= 0.6 is 0 Å². The number of carbonyl (C=O) groups is 2. The van der Waals surface area contributed by atoms with Gasteiger partial charge in [-0.3, -0.25) is 4.79 Å². The van der Waals surface area contributed by atoms with Gasteiger partial charge in [0.05, 0.1) is 11.3 Å². The fourth-order valence-corrected chi connectivity index (χ4v) is 1.88. The van der Waals surface area contributed by atoms with Crippen molar-refractivity contribution in [2.24, 2.45) is 0 Å². The Hall–Kier alpha value is -3.03. The highest BCUT2D eigenvalue weighted by Crippen LogP contribution is 2.20. The fraction of sp³-hybridized carbons (Fsp3) is 0.125. The topological polar surface area (TPSA) is 81.4 Å². The molecule has 1 amide bonds. The molecule has 0 spiro atoms. The molecule has 0 unspecified atom stereocenters. The van der Waals surface area contributed by atoms with E-state index >= 15 is 0 Å². The molecule has 2 aromatic carbocycles. The van der Waals surface area contributed by atoms with E-state index in [1.54, 1.807) is 19.1 Å². The Bertz CT molecular complexity index is 809. The Labute approximate surface area is 135 Å². The van der Waals surface area contributed by atoms with Gasteiger partial charge in [-0.2, -0.15) is 0 Å². The summed E-state index contributed by atoms with van der Waals surface area (Å²) in [5, 5.41) is 1.98. The van der Waals surface area contributed by atoms with Gasteiger partial charge in [0.1, 0.15) is 0 Å². The predicted molar refractivity (Wildman–Crippen MR) is 80.8 cm³/mol. The summed E-state index contributed by atoms with van der Waals surface area (Å²) in [6.45, 7) is 0.954. The number of nitrogen functional groups attached to an aromatic ring is 1. The second-order valence-corrected chi connectivity index (χ2v) is 4.88. The predicted octanol–water partition coefficient (Wildman–Crippen LogP) is 2.79. The third-order valence-corrected chi connectivity index (χ3v) is 3.19. The third kappa shape index (κ3) is 3.65. The van der Waals surface area contributed by atoms with E-state index in [2.05, 4.69) is 0 Å². The van der Waals surface area contributed by atoms with E-state index in [4.69, 9.17) is 10.5 Å². The van der Waals surface area contributed by atoms with Gasteiger partial charge >= 0.3 is 5.97 Å². The number of halogens is 3. The van der Waals surface area contributed by atoms with Crippen molar-refractivity contribution in [3.05, 3.63) is 58.9 Å². The van der Waals surface area contributed by atoms with Crippen LogP contribution in [0.4, 0.5) is 24.5 Å². The Balaban J connectivity index is 2.00. The molecule has 0 aliphatic heterocycles. The van der Waals surface area contributed by atoms with Crippen LogP contribution < -0.4 is 11.1 Å². The van der Waals surface area contributed by atoms with Crippen LogP contribution in [0.3, 0.4) is 0 Å². The quantitative estimate of drug-likeness (QED) is 0.510. The first-order valence-electron chi connectivity index (χ1n) is 6.76. The van der Waals surface area contributed by atoms with E-state index in [0.29, 0.717) is 11.6 Å². The fourth-order valence-electron chi connectivity index (χ4n) is 1.88. The largest absolute Gasteiger partial charge is 0.452 e. The first-order valence-corrected chi connectivity index (χ1v) is 6.76. The minimum Gasteiger partial charge on any atom is -0.452 e. The number of hydrogen-bond acceptors (Lipinski definition) is 4. The number of carbonyl (C=O) groups excluding carboxylic acids is 2. The number of esters is 1. The first-order chi connectivity index (χ1) is 11.3. The zero-order valence-corrected chi connectivity index (χ0v) is 12.5. The van der Waals surface area contributed by atoms with Gasteiger partial charge in [0.15, 0.2) is 24.1 Å². The lowest BCUT2D eigenvalue weighted by Gasteiger charge is -2.10. The first kappa shape index (κ1) is 17.3. The molecule has 3 N–H and O–H groups in total. The number of amides is 1. The number of nitrogens with two attached hydrogens (primary N) is 1. The number of nitrogens with one attached hydrogen (secondary N) is 1. The van der Waals surface area contributed by atoms with Gasteiger partial charge in [0.2, 0.25) is 0 Å². The van der Waals surface area contributed by atoms with Gasteiger partial charge in [-0.25, -0.2) is 18.0 Å². The molecule has 126 valence electrons. The monoisotopic (exact) mass is 338 g/mol. The second-order valence-electron chi connectivity index (χ2n) is 4.88. The standard InChI is InChI=1S/C16H13F3N2O3/c1-8-3-2-4-9(15(8)20)16(23)24-7-12(22)21-11-6-5-10(17)13(18)14(11)19/h2-6H,7,20H2,1H3,(H,21,22). The highest BCUT2D eigenvalue weighted by atomic mass is 19.2. The SMILES string of the molecule is Cc1cccc(C(=O)OCC(=O)Nc2ccc(F)c(F)c2F)c1N. The minimum atomic E-state index is -1.71. The number of rotatable bonds is 4. The van der Waals surface area contributed by atoms with E-state index in [9.17, 15) is 22.8 Å². The maximum absolute atomic E-state index is 13.4. The molecule has 0 bridgehead atoms. The molecular formula is C16H13F3N2O3. The van der Waals surface area contributed by atoms with Gasteiger partial charge in [-0.05, 0) is 30.7 Å². The lowest BCUT2D eigenvalue weighted by Crippen LogP contribution is -2.22. The molecule has 2 rings (SSSR count). The normalized spacial score (nSPS) is 10.3. The van der Waals surface area contributed by atoms with Crippen molar-refractivity contribution in [3.8, 4) is 0 Å². The van der Waals surface area contributed by atoms with Crippen LogP contribution in [-0.4, -0.2) is 18.5 Å². The maximum atomic E-state index is 13.4. The molecule has 5 nitrogen and oxygen atoms in total. The zero-order chi connectivity index (χ0) is 17.9. The molecule has 0 saturated heterocycles. The van der Waals surface area contributed by atoms with Crippen molar-refractivity contribution < 1.29 is 27.5 Å². The molecule has 0 fully saturated rings. The minimum absolute atomic E-state index is 0.0850. The molecule has 8 heteroatoms. The summed E-state index contributed by atoms with van der Waals surface area (Å²) in [5.41, 5.74) is 6.14. The van der Waals surface area contributed by atoms with Crippen LogP contribution in [0.5, 0.6) is 0 Å². The number of hydrogen-bond donors (Lipinski definition) is 2. The highest BCUT2D eigenvalue weighted by Gasteiger charge is 2.17. The Morgan fingerprint density at radius 2 is 1.83 bits per heavy atom. The van der Waals surface area contributed by atoms with Crippen LogP contribution in [0.2, 0.25) is 0 Å². The Morgan fingerprint density at radius 1 is 1.12 bits per heavy atom. The van der Waals surface area contributed by atoms with E-state index in [0.717, 1.165) is 6.07 Å². The molecule has 24 heavy (non-hydrogen) atoms. The van der Waals surface area contributed by atoms with Crippen molar-refractivity contribution in [2.45, 2.75) is 6.92 Å². The average molecular weight is 338 g/mol. The molecule has 0 atom stereocenters. The smallest absolute Gasteiger partial charge is 0.340 e. The number of aryl methyl sites for hydroxylation is 1. The molecule has 0 radical (unpaired) electrons. The van der Waals surface area contributed by atoms with Crippen LogP contribution in [0.15, 0.2) is 30.3 Å². The molecule has 0 heterocycles. The molecule has 0 saturated carbocycles. The lowest BCUT2D eigenvalue weighted by molar-refractivity contribution is -0.119. The summed E-state index contributed by atoms with van der Waals surface area (Å²) >= 11 is 0. The second kappa shape index (κ2) is 7.03. The average Bonchev–Trinajstić information content (AvgIpc) is 2.55. The summed E-state index contributed by atoms with van der Waals surface area (Å²) < 4.78 is 44.1. The molecule has 0 aliphatic rings. The summed E-state index contributed by atoms with van der Waals surface area (Å²) in [5.74, 6) is -6.39. The summed E-state index contributed by atoms with van der Waals surface area (Å²) in [7, 11) is 0. The number of ether oxygens (including phenoxy) is 1. The molecule has 0 aromatic heterocycles. The summed E-state index contributed by atoms with van der Waals surface area (Å²) in [6.07, 6.45) is 0. The molecule has 0 aliphatic carbocycles. The van der Waals surface area contributed by atoms with Crippen molar-refractivity contribution in [1.29, 1.82) is 0 Å². The maximum Gasteiger partial charge on any atom is 0.340 e. The highest BCUT2D eigenvalue weighted by molar-refractivity contribution is 5.98. The van der Waals surface area contributed by atoms with E-state index in [1.807, 2.05) is 5.32 Å². The van der Waals surface area contributed by atoms with Crippen LogP contribution in [-0.2, 0) is 9.53 Å². The van der Waals surface area contributed by atoms with Gasteiger partial charge < -0.3 is 15.8 Å². The zero-order valence-electron chi connectivity index (χ0n) is 12.5. The van der Waals surface area contributed by atoms with Gasteiger partial charge in [0, 0.05) is 5.69 Å². The van der Waals surface area contributed by atoms with Crippen LogP contribution in [0.1, 0.15) is 15.9 Å². The summed E-state index contributed by atoms with van der Waals surface area (Å²) in [4.78, 5) is 23.5. The van der Waals surface area contributed by atoms with Crippen LogP contribution in [0.25, 0.3) is 0 Å². The van der Waals surface area contributed by atoms with Gasteiger partial charge in [-0.15, -0.1) is 0 Å². The number of anilines is 2. The van der Waals surface area contributed by atoms with E-state index in [-0.39, 0.29) is 11.3 Å². The Kier molecular flexibility index (Phi) is 5.08. The third-order valence-electron chi connectivity index (χ3n) is 3.19. The van der Waals surface area contributed by atoms with Crippen molar-refractivity contribution in [1.82, 2.24) is 0 Å². The van der Waals surface area contributed by atoms with Crippen LogP contribution in [0, 0.1) is 24.4 Å².